The van der Waals surface area contributed by atoms with Gasteiger partial charge in [-0.1, -0.05) is 12.1 Å². The molecule has 0 unspecified atom stereocenters. The first kappa shape index (κ1) is 21.4. The van der Waals surface area contributed by atoms with Gasteiger partial charge in [-0.15, -0.1) is 0 Å². The van der Waals surface area contributed by atoms with Crippen LogP contribution in [-0.2, 0) is 20.5 Å². The molecule has 5 nitrogen and oxygen atoms in total. The summed E-state index contributed by atoms with van der Waals surface area (Å²) in [5, 5.41) is 2.82. The van der Waals surface area contributed by atoms with Gasteiger partial charge in [0.15, 0.2) is 0 Å². The summed E-state index contributed by atoms with van der Waals surface area (Å²) in [5.74, 6) is -0.997. The van der Waals surface area contributed by atoms with E-state index in [0.29, 0.717) is 16.9 Å². The lowest BCUT2D eigenvalue weighted by molar-refractivity contribution is -0.139. The number of alkyl halides is 3. The third-order valence-corrected chi connectivity index (χ3v) is 4.82. The SMILES string of the molecule is COC(=O)CN/C(C)=C1\C(=O)N(c2cc(C)cc(C)c2)c2cc(C(F)(F)F)ccc21. The number of fused-ring (bicyclic) bond motifs is 1. The molecule has 2 aromatic carbocycles. The summed E-state index contributed by atoms with van der Waals surface area (Å²) in [7, 11) is 1.24. The summed E-state index contributed by atoms with van der Waals surface area (Å²) in [6, 6.07) is 8.62. The lowest BCUT2D eigenvalue weighted by atomic mass is 10.0. The standard InChI is InChI=1S/C22H21F3N2O3/c1-12-7-13(2)9-16(8-12)27-18-10-15(22(23,24)25)5-6-17(18)20(21(27)29)14(3)26-11-19(28)30-4/h5-10,26H,11H2,1-4H3/b20-14-. The molecule has 1 N–H and O–H groups in total. The molecule has 1 aliphatic heterocycles. The molecule has 1 aliphatic rings. The van der Waals surface area contributed by atoms with Crippen LogP contribution in [0.2, 0.25) is 0 Å². The summed E-state index contributed by atoms with van der Waals surface area (Å²) in [6.45, 7) is 5.13. The number of aryl methyl sites for hydroxylation is 2. The van der Waals surface area contributed by atoms with Crippen molar-refractivity contribution >= 4 is 28.8 Å². The van der Waals surface area contributed by atoms with E-state index in [0.717, 1.165) is 23.3 Å². The minimum absolute atomic E-state index is 0.147. The molecule has 0 bridgehead atoms. The highest BCUT2D eigenvalue weighted by Crippen LogP contribution is 2.45. The fraction of sp³-hybridized carbons (Fsp3) is 0.273. The van der Waals surface area contributed by atoms with Crippen LogP contribution in [0.15, 0.2) is 42.1 Å². The lowest BCUT2D eigenvalue weighted by Crippen LogP contribution is -2.26. The number of halogens is 3. The maximum Gasteiger partial charge on any atom is 0.416 e. The number of rotatable bonds is 4. The van der Waals surface area contributed by atoms with Gasteiger partial charge in [0.05, 0.1) is 23.9 Å². The normalized spacial score (nSPS) is 15.2. The van der Waals surface area contributed by atoms with Crippen LogP contribution in [-0.4, -0.2) is 25.5 Å². The fourth-order valence-corrected chi connectivity index (χ4v) is 3.50. The summed E-state index contributed by atoms with van der Waals surface area (Å²) in [5.41, 5.74) is 2.49. The molecule has 0 saturated carbocycles. The van der Waals surface area contributed by atoms with Gasteiger partial charge in [0.25, 0.3) is 5.91 Å². The number of amides is 1. The van der Waals surface area contributed by atoms with Crippen molar-refractivity contribution in [2.75, 3.05) is 18.6 Å². The van der Waals surface area contributed by atoms with E-state index in [-0.39, 0.29) is 17.8 Å². The largest absolute Gasteiger partial charge is 0.468 e. The number of hydrogen-bond acceptors (Lipinski definition) is 4. The molecule has 1 amide bonds. The Kier molecular flexibility index (Phi) is 5.61. The minimum atomic E-state index is -4.54. The second-order valence-corrected chi connectivity index (χ2v) is 7.15. The van der Waals surface area contributed by atoms with Crippen molar-refractivity contribution in [3.8, 4) is 0 Å². The topological polar surface area (TPSA) is 58.6 Å². The Labute approximate surface area is 172 Å². The van der Waals surface area contributed by atoms with Gasteiger partial charge in [-0.05, 0) is 56.2 Å². The number of ether oxygens (including phenoxy) is 1. The highest BCUT2D eigenvalue weighted by molar-refractivity contribution is 6.35. The smallest absolute Gasteiger partial charge is 0.416 e. The molecule has 0 spiro atoms. The quantitative estimate of drug-likeness (QED) is 0.587. The molecule has 30 heavy (non-hydrogen) atoms. The Bertz CT molecular complexity index is 1040. The van der Waals surface area contributed by atoms with E-state index in [2.05, 4.69) is 10.1 Å². The van der Waals surface area contributed by atoms with Gasteiger partial charge >= 0.3 is 12.1 Å². The molecule has 1 heterocycles. The van der Waals surface area contributed by atoms with Gasteiger partial charge in [-0.3, -0.25) is 14.5 Å². The number of allylic oxidation sites excluding steroid dienone is 1. The van der Waals surface area contributed by atoms with Crippen molar-refractivity contribution in [3.05, 3.63) is 64.3 Å². The van der Waals surface area contributed by atoms with E-state index in [1.54, 1.807) is 19.1 Å². The first-order valence-corrected chi connectivity index (χ1v) is 9.19. The van der Waals surface area contributed by atoms with E-state index in [1.165, 1.54) is 18.1 Å². The molecule has 0 radical (unpaired) electrons. The van der Waals surface area contributed by atoms with Gasteiger partial charge in [-0.25, -0.2) is 0 Å². The van der Waals surface area contributed by atoms with Gasteiger partial charge in [0, 0.05) is 16.9 Å². The molecule has 0 saturated heterocycles. The average molecular weight is 418 g/mol. The molecular formula is C22H21F3N2O3. The van der Waals surface area contributed by atoms with Gasteiger partial charge in [0.1, 0.15) is 6.54 Å². The predicted molar refractivity (Wildman–Crippen MR) is 107 cm³/mol. The van der Waals surface area contributed by atoms with Crippen LogP contribution in [0.5, 0.6) is 0 Å². The summed E-state index contributed by atoms with van der Waals surface area (Å²) in [6.07, 6.45) is -4.54. The van der Waals surface area contributed by atoms with Crippen LogP contribution in [0.4, 0.5) is 24.5 Å². The third-order valence-electron chi connectivity index (χ3n) is 4.82. The van der Waals surface area contributed by atoms with E-state index in [9.17, 15) is 22.8 Å². The van der Waals surface area contributed by atoms with Crippen LogP contribution in [0.3, 0.4) is 0 Å². The van der Waals surface area contributed by atoms with E-state index in [4.69, 9.17) is 0 Å². The Morgan fingerprint density at radius 1 is 1.10 bits per heavy atom. The van der Waals surface area contributed by atoms with Crippen LogP contribution in [0, 0.1) is 13.8 Å². The van der Waals surface area contributed by atoms with Crippen molar-refractivity contribution in [1.29, 1.82) is 0 Å². The van der Waals surface area contributed by atoms with Crippen LogP contribution >= 0.6 is 0 Å². The first-order chi connectivity index (χ1) is 14.0. The fourth-order valence-electron chi connectivity index (χ4n) is 3.50. The summed E-state index contributed by atoms with van der Waals surface area (Å²) in [4.78, 5) is 26.1. The molecule has 0 aromatic heterocycles. The van der Waals surface area contributed by atoms with Gasteiger partial charge in [0.2, 0.25) is 0 Å². The Balaban J connectivity index is 2.18. The molecule has 0 fully saturated rings. The number of anilines is 2. The van der Waals surface area contributed by atoms with Crippen molar-refractivity contribution in [1.82, 2.24) is 5.32 Å². The zero-order valence-corrected chi connectivity index (χ0v) is 17.0. The average Bonchev–Trinajstić information content (AvgIpc) is 2.95. The van der Waals surface area contributed by atoms with Crippen molar-refractivity contribution in [2.45, 2.75) is 26.9 Å². The van der Waals surface area contributed by atoms with Crippen molar-refractivity contribution in [3.63, 3.8) is 0 Å². The maximum absolute atomic E-state index is 13.3. The zero-order chi connectivity index (χ0) is 22.2. The molecular weight excluding hydrogens is 397 g/mol. The number of benzene rings is 2. The summed E-state index contributed by atoms with van der Waals surface area (Å²) >= 11 is 0. The molecule has 2 aromatic rings. The predicted octanol–water partition coefficient (Wildman–Crippen LogP) is 4.49. The van der Waals surface area contributed by atoms with Gasteiger partial charge in [-0.2, -0.15) is 13.2 Å². The van der Waals surface area contributed by atoms with E-state index in [1.807, 2.05) is 19.9 Å². The van der Waals surface area contributed by atoms with E-state index >= 15 is 0 Å². The third kappa shape index (κ3) is 4.03. The Morgan fingerprint density at radius 3 is 2.30 bits per heavy atom. The minimum Gasteiger partial charge on any atom is -0.468 e. The molecule has 158 valence electrons. The number of carbonyl (C=O) groups excluding carboxylic acids is 2. The molecule has 0 aliphatic carbocycles. The second kappa shape index (κ2) is 7.85. The van der Waals surface area contributed by atoms with E-state index < -0.39 is 23.6 Å². The Morgan fingerprint density at radius 2 is 1.73 bits per heavy atom. The Hall–Kier alpha value is -3.29. The highest BCUT2D eigenvalue weighted by atomic mass is 19.4. The van der Waals surface area contributed by atoms with Crippen molar-refractivity contribution < 1.29 is 27.5 Å². The molecule has 3 rings (SSSR count). The number of esters is 1. The monoisotopic (exact) mass is 418 g/mol. The number of hydrogen-bond donors (Lipinski definition) is 1. The molecule has 8 heteroatoms. The first-order valence-electron chi connectivity index (χ1n) is 9.19. The number of carbonyl (C=O) groups is 2. The van der Waals surface area contributed by atoms with Crippen LogP contribution in [0.25, 0.3) is 5.57 Å². The number of nitrogens with one attached hydrogen (secondary N) is 1. The second-order valence-electron chi connectivity index (χ2n) is 7.15. The van der Waals surface area contributed by atoms with Crippen LogP contribution < -0.4 is 10.2 Å². The number of nitrogens with zero attached hydrogens (tertiary/aromatic N) is 1. The van der Waals surface area contributed by atoms with Crippen molar-refractivity contribution in [2.24, 2.45) is 0 Å². The number of methoxy groups -OCH3 is 1. The zero-order valence-electron chi connectivity index (χ0n) is 17.0. The summed E-state index contributed by atoms with van der Waals surface area (Å²) < 4.78 is 44.6. The highest BCUT2D eigenvalue weighted by Gasteiger charge is 2.39. The van der Waals surface area contributed by atoms with Gasteiger partial charge < -0.3 is 10.1 Å². The maximum atomic E-state index is 13.3. The molecule has 0 atom stereocenters. The van der Waals surface area contributed by atoms with Crippen LogP contribution in [0.1, 0.15) is 29.2 Å². The lowest BCUT2D eigenvalue weighted by Gasteiger charge is -2.20.